The molecule has 1 N–H and O–H groups in total. The van der Waals surface area contributed by atoms with Crippen LogP contribution in [0.15, 0.2) is 18.2 Å². The minimum Gasteiger partial charge on any atom is -0.507 e. The van der Waals surface area contributed by atoms with Crippen molar-refractivity contribution >= 4 is 11.8 Å². The third kappa shape index (κ3) is 4.02. The van der Waals surface area contributed by atoms with Gasteiger partial charge in [-0.05, 0) is 55.7 Å². The third-order valence-electron chi connectivity index (χ3n) is 5.93. The highest BCUT2D eigenvalue weighted by Gasteiger charge is 2.32. The SMILES string of the molecule is CCc1ccc(O)c(C(=O)N2CCC(C(=O)N3CCC(C)CC3)CC2)c1. The van der Waals surface area contributed by atoms with Crippen molar-refractivity contribution in [3.63, 3.8) is 0 Å². The van der Waals surface area contributed by atoms with Crippen LogP contribution >= 0.6 is 0 Å². The van der Waals surface area contributed by atoms with Crippen LogP contribution in [0.2, 0.25) is 0 Å². The number of hydrogen-bond donors (Lipinski definition) is 1. The largest absolute Gasteiger partial charge is 0.507 e. The lowest BCUT2D eigenvalue weighted by molar-refractivity contribution is -0.138. The number of benzene rings is 1. The van der Waals surface area contributed by atoms with Crippen LogP contribution in [0.1, 0.15) is 55.5 Å². The summed E-state index contributed by atoms with van der Waals surface area (Å²) in [6, 6.07) is 5.22. The van der Waals surface area contributed by atoms with Gasteiger partial charge in [0.1, 0.15) is 5.75 Å². The summed E-state index contributed by atoms with van der Waals surface area (Å²) in [6.45, 7) is 7.17. The Balaban J connectivity index is 1.58. The number of amides is 2. The Hall–Kier alpha value is -2.04. The molecule has 0 aliphatic carbocycles. The van der Waals surface area contributed by atoms with E-state index in [1.807, 2.05) is 17.9 Å². The van der Waals surface area contributed by atoms with Crippen LogP contribution in [0.25, 0.3) is 0 Å². The lowest BCUT2D eigenvalue weighted by Gasteiger charge is -2.36. The molecule has 142 valence electrons. The Morgan fingerprint density at radius 3 is 2.27 bits per heavy atom. The van der Waals surface area contributed by atoms with Crippen molar-refractivity contribution in [3.8, 4) is 5.75 Å². The maximum atomic E-state index is 12.8. The van der Waals surface area contributed by atoms with Crippen molar-refractivity contribution in [2.24, 2.45) is 11.8 Å². The van der Waals surface area contributed by atoms with E-state index < -0.39 is 0 Å². The molecule has 2 amide bonds. The molecule has 2 heterocycles. The maximum Gasteiger partial charge on any atom is 0.257 e. The number of carbonyl (C=O) groups is 2. The highest BCUT2D eigenvalue weighted by molar-refractivity contribution is 5.97. The minimum atomic E-state index is -0.129. The molecule has 0 unspecified atom stereocenters. The highest BCUT2D eigenvalue weighted by Crippen LogP contribution is 2.26. The van der Waals surface area contributed by atoms with Gasteiger partial charge in [-0.1, -0.05) is 19.9 Å². The molecule has 2 aliphatic rings. The Labute approximate surface area is 156 Å². The summed E-state index contributed by atoms with van der Waals surface area (Å²) in [4.78, 5) is 29.3. The van der Waals surface area contributed by atoms with Gasteiger partial charge in [-0.3, -0.25) is 9.59 Å². The average molecular weight is 358 g/mol. The number of carbonyl (C=O) groups excluding carboxylic acids is 2. The molecule has 0 aromatic heterocycles. The lowest BCUT2D eigenvalue weighted by atomic mass is 9.92. The fourth-order valence-corrected chi connectivity index (χ4v) is 3.96. The maximum absolute atomic E-state index is 12.8. The second-order valence-electron chi connectivity index (χ2n) is 7.78. The van der Waals surface area contributed by atoms with E-state index in [0.717, 1.165) is 37.9 Å². The van der Waals surface area contributed by atoms with E-state index >= 15 is 0 Å². The van der Waals surface area contributed by atoms with Crippen LogP contribution in [0, 0.1) is 11.8 Å². The monoisotopic (exact) mass is 358 g/mol. The first-order valence-electron chi connectivity index (χ1n) is 9.89. The van der Waals surface area contributed by atoms with Crippen molar-refractivity contribution in [2.45, 2.75) is 46.0 Å². The molecular weight excluding hydrogens is 328 g/mol. The van der Waals surface area contributed by atoms with Crippen LogP contribution in [-0.4, -0.2) is 52.9 Å². The Morgan fingerprint density at radius 2 is 1.65 bits per heavy atom. The zero-order valence-electron chi connectivity index (χ0n) is 15.9. The average Bonchev–Trinajstić information content (AvgIpc) is 2.68. The van der Waals surface area contributed by atoms with Gasteiger partial charge in [-0.25, -0.2) is 0 Å². The molecule has 0 bridgehead atoms. The summed E-state index contributed by atoms with van der Waals surface area (Å²) in [5, 5.41) is 10.1. The van der Waals surface area contributed by atoms with E-state index in [2.05, 4.69) is 6.92 Å². The molecule has 3 rings (SSSR count). The summed E-state index contributed by atoms with van der Waals surface area (Å²) < 4.78 is 0. The Kier molecular flexibility index (Phi) is 5.84. The van der Waals surface area contributed by atoms with Gasteiger partial charge >= 0.3 is 0 Å². The summed E-state index contributed by atoms with van der Waals surface area (Å²) in [5.41, 5.74) is 1.41. The number of likely N-dealkylation sites (tertiary alicyclic amines) is 2. The zero-order valence-corrected chi connectivity index (χ0v) is 15.9. The van der Waals surface area contributed by atoms with E-state index in [9.17, 15) is 14.7 Å². The number of phenols is 1. The van der Waals surface area contributed by atoms with E-state index in [0.29, 0.717) is 37.4 Å². The second-order valence-corrected chi connectivity index (χ2v) is 7.78. The predicted molar refractivity (Wildman–Crippen MR) is 101 cm³/mol. The first-order valence-corrected chi connectivity index (χ1v) is 9.89. The normalized spacial score (nSPS) is 19.6. The number of aryl methyl sites for hydroxylation is 1. The number of rotatable bonds is 3. The number of phenolic OH excluding ortho intramolecular Hbond substituents is 1. The van der Waals surface area contributed by atoms with Crippen molar-refractivity contribution in [1.29, 1.82) is 0 Å². The van der Waals surface area contributed by atoms with Crippen molar-refractivity contribution in [1.82, 2.24) is 9.80 Å². The van der Waals surface area contributed by atoms with Crippen LogP contribution in [0.3, 0.4) is 0 Å². The first-order chi connectivity index (χ1) is 12.5. The molecule has 1 aromatic carbocycles. The lowest BCUT2D eigenvalue weighted by Crippen LogP contribution is -2.46. The topological polar surface area (TPSA) is 60.9 Å². The predicted octanol–water partition coefficient (Wildman–Crippen LogP) is 3.07. The summed E-state index contributed by atoms with van der Waals surface area (Å²) in [7, 11) is 0. The summed E-state index contributed by atoms with van der Waals surface area (Å²) in [6.07, 6.45) is 4.44. The van der Waals surface area contributed by atoms with Gasteiger partial charge in [-0.15, -0.1) is 0 Å². The molecule has 2 aliphatic heterocycles. The molecule has 0 atom stereocenters. The van der Waals surface area contributed by atoms with Crippen molar-refractivity contribution in [3.05, 3.63) is 29.3 Å². The fourth-order valence-electron chi connectivity index (χ4n) is 3.96. The molecule has 0 spiro atoms. The van der Waals surface area contributed by atoms with E-state index in [1.165, 1.54) is 0 Å². The molecule has 1 aromatic rings. The van der Waals surface area contributed by atoms with Gasteiger partial charge in [-0.2, -0.15) is 0 Å². The van der Waals surface area contributed by atoms with Crippen molar-refractivity contribution in [2.75, 3.05) is 26.2 Å². The van der Waals surface area contributed by atoms with Gasteiger partial charge in [0.2, 0.25) is 5.91 Å². The minimum absolute atomic E-state index is 0.0306. The summed E-state index contributed by atoms with van der Waals surface area (Å²) >= 11 is 0. The zero-order chi connectivity index (χ0) is 18.7. The molecular formula is C21H30N2O3. The van der Waals surface area contributed by atoms with E-state index in [1.54, 1.807) is 17.0 Å². The molecule has 5 heteroatoms. The Morgan fingerprint density at radius 1 is 1.04 bits per heavy atom. The first kappa shape index (κ1) is 18.7. The molecule has 2 saturated heterocycles. The quantitative estimate of drug-likeness (QED) is 0.903. The van der Waals surface area contributed by atoms with Crippen molar-refractivity contribution < 1.29 is 14.7 Å². The van der Waals surface area contributed by atoms with E-state index in [-0.39, 0.29) is 23.5 Å². The van der Waals surface area contributed by atoms with E-state index in [4.69, 9.17) is 0 Å². The van der Waals surface area contributed by atoms with Gasteiger partial charge in [0.15, 0.2) is 0 Å². The molecule has 2 fully saturated rings. The molecule has 0 radical (unpaired) electrons. The van der Waals surface area contributed by atoms with Gasteiger partial charge < -0.3 is 14.9 Å². The number of nitrogens with zero attached hydrogens (tertiary/aromatic N) is 2. The Bertz CT molecular complexity index is 657. The number of piperidine rings is 2. The number of aromatic hydroxyl groups is 1. The highest BCUT2D eigenvalue weighted by atomic mass is 16.3. The van der Waals surface area contributed by atoms with Gasteiger partial charge in [0.05, 0.1) is 5.56 Å². The third-order valence-corrected chi connectivity index (χ3v) is 5.93. The molecule has 26 heavy (non-hydrogen) atoms. The fraction of sp³-hybridized carbons (Fsp3) is 0.619. The molecule has 5 nitrogen and oxygen atoms in total. The van der Waals surface area contributed by atoms with Crippen LogP contribution < -0.4 is 0 Å². The van der Waals surface area contributed by atoms with Gasteiger partial charge in [0.25, 0.3) is 5.91 Å². The standard InChI is InChI=1S/C21H30N2O3/c1-3-16-4-5-19(24)18(14-16)21(26)23-12-8-17(9-13-23)20(25)22-10-6-15(2)7-11-22/h4-5,14-15,17,24H,3,6-13H2,1-2H3. The molecule has 0 saturated carbocycles. The summed E-state index contributed by atoms with van der Waals surface area (Å²) in [5.74, 6) is 0.913. The smallest absolute Gasteiger partial charge is 0.257 e. The van der Waals surface area contributed by atoms with Crippen LogP contribution in [0.5, 0.6) is 5.75 Å². The second kappa shape index (κ2) is 8.11. The van der Waals surface area contributed by atoms with Crippen LogP contribution in [-0.2, 0) is 11.2 Å². The van der Waals surface area contributed by atoms with Gasteiger partial charge in [0, 0.05) is 32.1 Å². The number of hydrogen-bond acceptors (Lipinski definition) is 3. The van der Waals surface area contributed by atoms with Crippen LogP contribution in [0.4, 0.5) is 0 Å².